The Kier molecular flexibility index (Phi) is 4.43. The molecule has 24 heavy (non-hydrogen) atoms. The summed E-state index contributed by atoms with van der Waals surface area (Å²) in [6, 6.07) is 14.5. The number of pyridine rings is 1. The van der Waals surface area contributed by atoms with Crippen molar-refractivity contribution in [2.24, 2.45) is 0 Å². The van der Waals surface area contributed by atoms with Gasteiger partial charge in [-0.3, -0.25) is 0 Å². The second-order valence-electron chi connectivity index (χ2n) is 6.38. The van der Waals surface area contributed by atoms with Gasteiger partial charge in [-0.25, -0.2) is 4.98 Å². The van der Waals surface area contributed by atoms with Crippen LogP contribution >= 0.6 is 0 Å². The quantitative estimate of drug-likeness (QED) is 0.649. The molecule has 0 fully saturated rings. The Balaban J connectivity index is 2.26. The van der Waals surface area contributed by atoms with Crippen molar-refractivity contribution in [2.75, 3.05) is 14.2 Å². The normalized spacial score (nSPS) is 11.1. The number of aryl methyl sites for hydroxylation is 1. The first-order valence-electron chi connectivity index (χ1n) is 8.16. The van der Waals surface area contributed by atoms with E-state index in [1.165, 1.54) is 5.56 Å². The highest BCUT2D eigenvalue weighted by atomic mass is 16.5. The van der Waals surface area contributed by atoms with Gasteiger partial charge in [0.25, 0.3) is 0 Å². The number of rotatable bonds is 4. The number of aromatic nitrogens is 1. The molecule has 0 bridgehead atoms. The lowest BCUT2D eigenvalue weighted by Gasteiger charge is -2.15. The average molecular weight is 321 g/mol. The maximum absolute atomic E-state index is 5.43. The van der Waals surface area contributed by atoms with Gasteiger partial charge in [0, 0.05) is 10.9 Å². The third kappa shape index (κ3) is 3.07. The molecule has 3 heteroatoms. The van der Waals surface area contributed by atoms with Crippen LogP contribution in [0.15, 0.2) is 42.5 Å². The van der Waals surface area contributed by atoms with Gasteiger partial charge >= 0.3 is 0 Å². The topological polar surface area (TPSA) is 31.4 Å². The number of methoxy groups -OCH3 is 2. The summed E-state index contributed by atoms with van der Waals surface area (Å²) in [5, 5.41) is 1.10. The highest BCUT2D eigenvalue weighted by Gasteiger charge is 2.14. The number of fused-ring (bicyclic) bond motifs is 1. The van der Waals surface area contributed by atoms with Gasteiger partial charge in [0.2, 0.25) is 0 Å². The van der Waals surface area contributed by atoms with Gasteiger partial charge < -0.3 is 9.47 Å². The molecular weight excluding hydrogens is 298 g/mol. The summed E-state index contributed by atoms with van der Waals surface area (Å²) in [6.07, 6.45) is 0. The molecule has 1 aromatic heterocycles. The van der Waals surface area contributed by atoms with E-state index in [0.717, 1.165) is 39.2 Å². The van der Waals surface area contributed by atoms with Gasteiger partial charge in [0.05, 0.1) is 25.4 Å². The Hall–Kier alpha value is -2.55. The first-order chi connectivity index (χ1) is 11.5. The van der Waals surface area contributed by atoms with Crippen LogP contribution in [-0.4, -0.2) is 19.2 Å². The van der Waals surface area contributed by atoms with Crippen molar-refractivity contribution >= 4 is 10.9 Å². The van der Waals surface area contributed by atoms with E-state index in [9.17, 15) is 0 Å². The van der Waals surface area contributed by atoms with Gasteiger partial charge in [0.15, 0.2) is 0 Å². The van der Waals surface area contributed by atoms with Gasteiger partial charge in [-0.1, -0.05) is 13.8 Å². The molecule has 0 amide bonds. The number of nitrogens with zero attached hydrogens (tertiary/aromatic N) is 1. The molecule has 3 aromatic rings. The zero-order chi connectivity index (χ0) is 17.3. The van der Waals surface area contributed by atoms with Gasteiger partial charge in [-0.05, 0) is 66.4 Å². The Morgan fingerprint density at radius 2 is 1.62 bits per heavy atom. The standard InChI is InChI=1S/C21H23NO2/c1-13(2)19-12-15-10-17(23-4)6-7-20(15)22-21(19)16-8-14(3)9-18(11-16)24-5/h6-13H,1-5H3. The molecular formula is C21H23NO2. The molecule has 0 aliphatic rings. The van der Waals surface area contributed by atoms with Crippen LogP contribution in [0.5, 0.6) is 11.5 Å². The summed E-state index contributed by atoms with van der Waals surface area (Å²) >= 11 is 0. The van der Waals surface area contributed by atoms with Gasteiger partial charge in [-0.2, -0.15) is 0 Å². The summed E-state index contributed by atoms with van der Waals surface area (Å²) in [6.45, 7) is 6.46. The summed E-state index contributed by atoms with van der Waals surface area (Å²) in [4.78, 5) is 4.95. The van der Waals surface area contributed by atoms with E-state index in [1.54, 1.807) is 14.2 Å². The molecule has 0 saturated carbocycles. The fourth-order valence-electron chi connectivity index (χ4n) is 2.97. The molecule has 0 unspecified atom stereocenters. The van der Waals surface area contributed by atoms with E-state index >= 15 is 0 Å². The Morgan fingerprint density at radius 3 is 2.29 bits per heavy atom. The first-order valence-corrected chi connectivity index (χ1v) is 8.16. The molecule has 0 N–H and O–H groups in total. The largest absolute Gasteiger partial charge is 0.497 e. The number of benzene rings is 2. The highest BCUT2D eigenvalue weighted by molar-refractivity contribution is 5.85. The van der Waals surface area contributed by atoms with Crippen LogP contribution in [0.4, 0.5) is 0 Å². The molecule has 0 aliphatic heterocycles. The van der Waals surface area contributed by atoms with E-state index in [0.29, 0.717) is 5.92 Å². The lowest BCUT2D eigenvalue weighted by Crippen LogP contribution is -1.98. The van der Waals surface area contributed by atoms with Crippen LogP contribution in [-0.2, 0) is 0 Å². The number of hydrogen-bond acceptors (Lipinski definition) is 3. The second-order valence-corrected chi connectivity index (χ2v) is 6.38. The molecule has 0 aliphatic carbocycles. The highest BCUT2D eigenvalue weighted by Crippen LogP contribution is 2.34. The predicted molar refractivity (Wildman–Crippen MR) is 99.1 cm³/mol. The summed E-state index contributed by atoms with van der Waals surface area (Å²) in [7, 11) is 3.38. The molecule has 3 rings (SSSR count). The summed E-state index contributed by atoms with van der Waals surface area (Å²) in [5.74, 6) is 2.08. The molecule has 3 nitrogen and oxygen atoms in total. The number of hydrogen-bond donors (Lipinski definition) is 0. The third-order valence-corrected chi connectivity index (χ3v) is 4.23. The monoisotopic (exact) mass is 321 g/mol. The second kappa shape index (κ2) is 6.52. The van der Waals surface area contributed by atoms with Crippen molar-refractivity contribution in [1.29, 1.82) is 0 Å². The summed E-state index contributed by atoms with van der Waals surface area (Å²) in [5.41, 5.74) is 5.47. The van der Waals surface area contributed by atoms with Crippen molar-refractivity contribution in [2.45, 2.75) is 26.7 Å². The lowest BCUT2D eigenvalue weighted by molar-refractivity contribution is 0.414. The third-order valence-electron chi connectivity index (χ3n) is 4.23. The predicted octanol–water partition coefficient (Wildman–Crippen LogP) is 5.35. The lowest BCUT2D eigenvalue weighted by atomic mass is 9.94. The average Bonchev–Trinajstić information content (AvgIpc) is 2.59. The fraction of sp³-hybridized carbons (Fsp3) is 0.286. The van der Waals surface area contributed by atoms with Crippen molar-refractivity contribution in [3.63, 3.8) is 0 Å². The van der Waals surface area contributed by atoms with Crippen LogP contribution in [0, 0.1) is 6.92 Å². The van der Waals surface area contributed by atoms with Crippen LogP contribution in [0.25, 0.3) is 22.2 Å². The Labute approximate surface area is 143 Å². The van der Waals surface area contributed by atoms with E-state index in [4.69, 9.17) is 14.5 Å². The SMILES string of the molecule is COc1cc(C)cc(-c2nc3ccc(OC)cc3cc2C(C)C)c1. The minimum Gasteiger partial charge on any atom is -0.497 e. The maximum atomic E-state index is 5.43. The molecule has 124 valence electrons. The van der Waals surface area contributed by atoms with E-state index in [-0.39, 0.29) is 0 Å². The minimum absolute atomic E-state index is 0.370. The van der Waals surface area contributed by atoms with Gasteiger partial charge in [0.1, 0.15) is 11.5 Å². The molecule has 0 spiro atoms. The molecule has 0 atom stereocenters. The van der Waals surface area contributed by atoms with Gasteiger partial charge in [-0.15, -0.1) is 0 Å². The van der Waals surface area contributed by atoms with Crippen molar-refractivity contribution in [1.82, 2.24) is 4.98 Å². The van der Waals surface area contributed by atoms with Crippen LogP contribution in [0.1, 0.15) is 30.9 Å². The summed E-state index contributed by atoms with van der Waals surface area (Å²) < 4.78 is 10.8. The molecule has 1 heterocycles. The van der Waals surface area contributed by atoms with E-state index in [2.05, 4.69) is 39.0 Å². The van der Waals surface area contributed by atoms with Crippen molar-refractivity contribution in [3.8, 4) is 22.8 Å². The van der Waals surface area contributed by atoms with Crippen molar-refractivity contribution in [3.05, 3.63) is 53.6 Å². The smallest absolute Gasteiger partial charge is 0.119 e. The van der Waals surface area contributed by atoms with Crippen molar-refractivity contribution < 1.29 is 9.47 Å². The van der Waals surface area contributed by atoms with E-state index in [1.807, 2.05) is 24.3 Å². The first kappa shape index (κ1) is 16.3. The molecule has 2 aromatic carbocycles. The molecule has 0 radical (unpaired) electrons. The number of ether oxygens (including phenoxy) is 2. The Morgan fingerprint density at radius 1 is 0.875 bits per heavy atom. The zero-order valence-corrected chi connectivity index (χ0v) is 14.9. The fourth-order valence-corrected chi connectivity index (χ4v) is 2.97. The van der Waals surface area contributed by atoms with Crippen LogP contribution < -0.4 is 9.47 Å². The minimum atomic E-state index is 0.370. The van der Waals surface area contributed by atoms with Crippen LogP contribution in [0.2, 0.25) is 0 Å². The van der Waals surface area contributed by atoms with E-state index < -0.39 is 0 Å². The van der Waals surface area contributed by atoms with Crippen LogP contribution in [0.3, 0.4) is 0 Å². The molecule has 0 saturated heterocycles. The maximum Gasteiger partial charge on any atom is 0.119 e. The Bertz CT molecular complexity index is 884. The zero-order valence-electron chi connectivity index (χ0n) is 14.9.